The van der Waals surface area contributed by atoms with Crippen molar-refractivity contribution in [3.05, 3.63) is 0 Å². The Hall–Kier alpha value is -0.610. The molecule has 0 aromatic rings. The average Bonchev–Trinajstić information content (AvgIpc) is 2.90. The molecule has 2 saturated carbocycles. The summed E-state index contributed by atoms with van der Waals surface area (Å²) in [7, 11) is 2.16. The minimum atomic E-state index is 0.336. The zero-order valence-electron chi connectivity index (χ0n) is 15.1. The predicted octanol–water partition coefficient (Wildman–Crippen LogP) is 3.06. The lowest BCUT2D eigenvalue weighted by atomic mass is 9.60. The van der Waals surface area contributed by atoms with Crippen LogP contribution >= 0.6 is 0 Å². The van der Waals surface area contributed by atoms with Crippen molar-refractivity contribution in [3.8, 4) is 0 Å². The summed E-state index contributed by atoms with van der Waals surface area (Å²) in [5.74, 6) is 0.336. The van der Waals surface area contributed by atoms with E-state index in [4.69, 9.17) is 4.74 Å². The molecule has 1 spiro atoms. The van der Waals surface area contributed by atoms with Crippen LogP contribution in [0.15, 0.2) is 0 Å². The third-order valence-corrected chi connectivity index (χ3v) is 6.52. The van der Waals surface area contributed by atoms with Crippen LogP contribution in [0.25, 0.3) is 0 Å². The molecule has 3 rings (SSSR count). The summed E-state index contributed by atoms with van der Waals surface area (Å²) in [6.07, 6.45) is 11.7. The van der Waals surface area contributed by atoms with Crippen molar-refractivity contribution in [3.63, 3.8) is 0 Å². The molecule has 0 aromatic heterocycles. The molecular formula is C19H34N2O2. The lowest BCUT2D eigenvalue weighted by molar-refractivity contribution is -0.165. The molecule has 2 atom stereocenters. The lowest BCUT2D eigenvalue weighted by Gasteiger charge is -2.57. The number of carbonyl (C=O) groups is 1. The van der Waals surface area contributed by atoms with Crippen LogP contribution in [-0.4, -0.2) is 61.1 Å². The van der Waals surface area contributed by atoms with E-state index in [0.29, 0.717) is 30.0 Å². The molecule has 3 fully saturated rings. The van der Waals surface area contributed by atoms with Gasteiger partial charge in [0, 0.05) is 31.2 Å². The molecular weight excluding hydrogens is 288 g/mol. The van der Waals surface area contributed by atoms with Crippen LogP contribution in [0.2, 0.25) is 0 Å². The summed E-state index contributed by atoms with van der Waals surface area (Å²) in [6.45, 7) is 5.43. The van der Waals surface area contributed by atoms with Gasteiger partial charge in [-0.2, -0.15) is 0 Å². The first-order chi connectivity index (χ1) is 11.2. The second kappa shape index (κ2) is 7.52. The monoisotopic (exact) mass is 322 g/mol. The van der Waals surface area contributed by atoms with Crippen LogP contribution < -0.4 is 0 Å². The molecule has 1 heterocycles. The molecule has 1 saturated heterocycles. The topological polar surface area (TPSA) is 32.8 Å². The zero-order valence-corrected chi connectivity index (χ0v) is 15.1. The standard InChI is InChI=1S/C19H34N2O2/c1-3-23-17-14-16(19(17)10-6-7-11-19)20(2)15-18(22)21-12-8-4-5-9-13-21/h16-17H,3-15H2,1-2H3/t16-,17-/m0/s1. The van der Waals surface area contributed by atoms with Crippen molar-refractivity contribution in [2.24, 2.45) is 5.41 Å². The minimum Gasteiger partial charge on any atom is -0.378 e. The average molecular weight is 322 g/mol. The smallest absolute Gasteiger partial charge is 0.236 e. The number of nitrogens with zero attached hydrogens (tertiary/aromatic N) is 2. The second-order valence-corrected chi connectivity index (χ2v) is 7.85. The summed E-state index contributed by atoms with van der Waals surface area (Å²) < 4.78 is 6.01. The van der Waals surface area contributed by atoms with E-state index < -0.39 is 0 Å². The summed E-state index contributed by atoms with van der Waals surface area (Å²) in [5, 5.41) is 0. The Morgan fingerprint density at radius 2 is 1.78 bits per heavy atom. The lowest BCUT2D eigenvalue weighted by Crippen LogP contribution is -2.64. The van der Waals surface area contributed by atoms with Gasteiger partial charge in [0.2, 0.25) is 5.91 Å². The molecule has 23 heavy (non-hydrogen) atoms. The van der Waals surface area contributed by atoms with E-state index in [9.17, 15) is 4.79 Å². The fourth-order valence-corrected chi connectivity index (χ4v) is 5.21. The maximum absolute atomic E-state index is 12.7. The maximum Gasteiger partial charge on any atom is 0.236 e. The Morgan fingerprint density at radius 3 is 2.39 bits per heavy atom. The number of hydrogen-bond acceptors (Lipinski definition) is 3. The van der Waals surface area contributed by atoms with Gasteiger partial charge in [-0.3, -0.25) is 9.69 Å². The number of rotatable bonds is 5. The van der Waals surface area contributed by atoms with E-state index >= 15 is 0 Å². The predicted molar refractivity (Wildman–Crippen MR) is 92.4 cm³/mol. The van der Waals surface area contributed by atoms with Crippen LogP contribution in [0, 0.1) is 5.41 Å². The van der Waals surface area contributed by atoms with Crippen molar-refractivity contribution >= 4 is 5.91 Å². The molecule has 0 radical (unpaired) electrons. The van der Waals surface area contributed by atoms with Gasteiger partial charge in [-0.25, -0.2) is 0 Å². The second-order valence-electron chi connectivity index (χ2n) is 7.85. The Morgan fingerprint density at radius 1 is 1.13 bits per heavy atom. The first-order valence-corrected chi connectivity index (χ1v) is 9.77. The maximum atomic E-state index is 12.7. The van der Waals surface area contributed by atoms with Crippen LogP contribution in [0.4, 0.5) is 0 Å². The molecule has 132 valence electrons. The van der Waals surface area contributed by atoms with E-state index in [0.717, 1.165) is 26.1 Å². The highest BCUT2D eigenvalue weighted by atomic mass is 16.5. The molecule has 1 amide bonds. The fraction of sp³-hybridized carbons (Fsp3) is 0.947. The Bertz CT molecular complexity index is 398. The van der Waals surface area contributed by atoms with E-state index in [1.165, 1.54) is 51.4 Å². The van der Waals surface area contributed by atoms with Gasteiger partial charge in [0.1, 0.15) is 0 Å². The fourth-order valence-electron chi connectivity index (χ4n) is 5.21. The third kappa shape index (κ3) is 3.43. The van der Waals surface area contributed by atoms with Gasteiger partial charge < -0.3 is 9.64 Å². The van der Waals surface area contributed by atoms with Crippen LogP contribution in [-0.2, 0) is 9.53 Å². The van der Waals surface area contributed by atoms with Gasteiger partial charge >= 0.3 is 0 Å². The van der Waals surface area contributed by atoms with E-state index in [1.54, 1.807) is 0 Å². The van der Waals surface area contributed by atoms with Gasteiger partial charge in [-0.1, -0.05) is 25.7 Å². The molecule has 2 aliphatic carbocycles. The number of likely N-dealkylation sites (tertiary alicyclic amines) is 1. The highest BCUT2D eigenvalue weighted by Gasteiger charge is 2.58. The molecule has 0 unspecified atom stereocenters. The van der Waals surface area contributed by atoms with Gasteiger partial charge in [-0.05, 0) is 46.1 Å². The summed E-state index contributed by atoms with van der Waals surface area (Å²) in [5.41, 5.74) is 0.337. The quantitative estimate of drug-likeness (QED) is 0.780. The van der Waals surface area contributed by atoms with Crippen LogP contribution in [0.1, 0.15) is 64.7 Å². The first-order valence-electron chi connectivity index (χ1n) is 9.77. The Labute approximate surface area is 141 Å². The highest BCUT2D eigenvalue weighted by molar-refractivity contribution is 5.78. The van der Waals surface area contributed by atoms with Gasteiger partial charge in [0.25, 0.3) is 0 Å². The van der Waals surface area contributed by atoms with Gasteiger partial charge in [0.05, 0.1) is 12.6 Å². The summed E-state index contributed by atoms with van der Waals surface area (Å²) in [4.78, 5) is 17.1. The van der Waals surface area contributed by atoms with E-state index in [-0.39, 0.29) is 0 Å². The molecule has 4 nitrogen and oxygen atoms in total. The molecule has 4 heteroatoms. The SMILES string of the molecule is CCO[C@H]1C[C@H](N(C)CC(=O)N2CCCCCC2)C12CCCC2. The van der Waals surface area contributed by atoms with Gasteiger partial charge in [-0.15, -0.1) is 0 Å². The number of likely N-dealkylation sites (N-methyl/N-ethyl adjacent to an activating group) is 1. The molecule has 0 N–H and O–H groups in total. The van der Waals surface area contributed by atoms with Crippen molar-refractivity contribution in [2.45, 2.75) is 76.9 Å². The van der Waals surface area contributed by atoms with Crippen LogP contribution in [0.3, 0.4) is 0 Å². The number of ether oxygens (including phenoxy) is 1. The first kappa shape index (κ1) is 17.2. The summed E-state index contributed by atoms with van der Waals surface area (Å²) in [6, 6.07) is 0.539. The number of hydrogen-bond donors (Lipinski definition) is 0. The van der Waals surface area contributed by atoms with Crippen molar-refractivity contribution in [2.75, 3.05) is 33.3 Å². The minimum absolute atomic E-state index is 0.336. The Balaban J connectivity index is 1.57. The number of carbonyl (C=O) groups excluding carboxylic acids is 1. The third-order valence-electron chi connectivity index (χ3n) is 6.52. The van der Waals surface area contributed by atoms with Crippen LogP contribution in [0.5, 0.6) is 0 Å². The number of amides is 1. The van der Waals surface area contributed by atoms with Crippen molar-refractivity contribution in [1.29, 1.82) is 0 Å². The Kier molecular flexibility index (Phi) is 5.63. The normalized spacial score (nSPS) is 30.5. The molecule has 3 aliphatic rings. The van der Waals surface area contributed by atoms with Crippen molar-refractivity contribution < 1.29 is 9.53 Å². The van der Waals surface area contributed by atoms with E-state index in [2.05, 4.69) is 23.8 Å². The van der Waals surface area contributed by atoms with Crippen molar-refractivity contribution in [1.82, 2.24) is 9.80 Å². The highest BCUT2D eigenvalue weighted by Crippen LogP contribution is 2.56. The van der Waals surface area contributed by atoms with E-state index in [1.807, 2.05) is 0 Å². The molecule has 0 aromatic carbocycles. The summed E-state index contributed by atoms with van der Waals surface area (Å²) >= 11 is 0. The molecule has 1 aliphatic heterocycles. The largest absolute Gasteiger partial charge is 0.378 e. The van der Waals surface area contributed by atoms with Gasteiger partial charge in [0.15, 0.2) is 0 Å². The zero-order chi connectivity index (χ0) is 16.3. The molecule has 0 bridgehead atoms.